The van der Waals surface area contributed by atoms with E-state index in [2.05, 4.69) is 20.2 Å². The van der Waals surface area contributed by atoms with Gasteiger partial charge >= 0.3 is 0 Å². The zero-order valence-electron chi connectivity index (χ0n) is 19.2. The van der Waals surface area contributed by atoms with Crippen molar-refractivity contribution < 1.29 is 18.8 Å². The van der Waals surface area contributed by atoms with Crippen LogP contribution >= 0.6 is 0 Å². The number of nitrogens with one attached hydrogen (secondary N) is 2. The number of aromatic nitrogens is 2. The Balaban J connectivity index is 1.18. The number of hydrogen-bond donors (Lipinski definition) is 2. The maximum absolute atomic E-state index is 14.6. The lowest BCUT2D eigenvalue weighted by Crippen LogP contribution is -2.52. The van der Waals surface area contributed by atoms with Crippen LogP contribution in [0.3, 0.4) is 0 Å². The van der Waals surface area contributed by atoms with Gasteiger partial charge in [-0.3, -0.25) is 29.6 Å². The molecule has 8 nitrogen and oxygen atoms in total. The molecule has 3 amide bonds. The van der Waals surface area contributed by atoms with Crippen LogP contribution < -0.4 is 5.32 Å². The first-order valence-electron chi connectivity index (χ1n) is 12.1. The van der Waals surface area contributed by atoms with Crippen molar-refractivity contribution in [3.05, 3.63) is 64.9 Å². The minimum absolute atomic E-state index is 0.150. The fourth-order valence-corrected chi connectivity index (χ4v) is 5.82. The lowest BCUT2D eigenvalue weighted by Gasteiger charge is -2.33. The summed E-state index contributed by atoms with van der Waals surface area (Å²) >= 11 is 0. The monoisotopic (exact) mass is 475 g/mol. The number of imide groups is 1. The predicted molar refractivity (Wildman–Crippen MR) is 126 cm³/mol. The van der Waals surface area contributed by atoms with Gasteiger partial charge in [0, 0.05) is 42.9 Å². The molecule has 2 fully saturated rings. The minimum Gasteiger partial charge on any atom is -0.360 e. The van der Waals surface area contributed by atoms with Gasteiger partial charge in [0.2, 0.25) is 11.8 Å². The van der Waals surface area contributed by atoms with Crippen LogP contribution in [0.1, 0.15) is 58.6 Å². The number of pyridine rings is 1. The number of carbonyl (C=O) groups excluding carboxylic acids is 3. The summed E-state index contributed by atoms with van der Waals surface area (Å²) < 4.78 is 14.6. The molecule has 2 N–H and O–H groups in total. The number of H-pyrrole nitrogens is 1. The Hall–Kier alpha value is -3.59. The second-order valence-electron chi connectivity index (χ2n) is 9.71. The number of carbonyl (C=O) groups is 3. The number of aromatic amines is 1. The molecule has 5 heterocycles. The second-order valence-corrected chi connectivity index (χ2v) is 9.71. The molecule has 0 radical (unpaired) electrons. The van der Waals surface area contributed by atoms with Crippen LogP contribution in [0.15, 0.2) is 36.8 Å². The summed E-state index contributed by atoms with van der Waals surface area (Å²) in [5.74, 6) is -1.38. The molecule has 1 unspecified atom stereocenters. The number of rotatable bonds is 4. The summed E-state index contributed by atoms with van der Waals surface area (Å²) in [7, 11) is 0. The summed E-state index contributed by atoms with van der Waals surface area (Å²) in [6.07, 6.45) is 7.89. The van der Waals surface area contributed by atoms with Crippen LogP contribution in [0.2, 0.25) is 0 Å². The summed E-state index contributed by atoms with van der Waals surface area (Å²) in [6, 6.07) is 4.17. The number of likely N-dealkylation sites (tertiary alicyclic amines) is 1. The Kier molecular flexibility index (Phi) is 5.36. The molecule has 0 aliphatic carbocycles. The van der Waals surface area contributed by atoms with Gasteiger partial charge in [-0.2, -0.15) is 0 Å². The second kappa shape index (κ2) is 8.57. The van der Waals surface area contributed by atoms with Crippen LogP contribution in [0.4, 0.5) is 4.39 Å². The molecule has 3 aliphatic rings. The van der Waals surface area contributed by atoms with E-state index in [4.69, 9.17) is 0 Å². The zero-order chi connectivity index (χ0) is 24.1. The molecule has 1 aromatic carbocycles. The first-order chi connectivity index (χ1) is 17.0. The first-order valence-corrected chi connectivity index (χ1v) is 12.1. The highest BCUT2D eigenvalue weighted by atomic mass is 19.1. The fraction of sp³-hybridized carbons (Fsp3) is 0.385. The highest BCUT2D eigenvalue weighted by Crippen LogP contribution is 2.38. The van der Waals surface area contributed by atoms with Crippen LogP contribution in [0.5, 0.6) is 0 Å². The van der Waals surface area contributed by atoms with Crippen LogP contribution in [-0.2, 0) is 22.7 Å². The zero-order valence-corrected chi connectivity index (χ0v) is 19.2. The average molecular weight is 476 g/mol. The van der Waals surface area contributed by atoms with Gasteiger partial charge < -0.3 is 9.88 Å². The third-order valence-electron chi connectivity index (χ3n) is 7.65. The number of hydrogen-bond acceptors (Lipinski definition) is 5. The Labute approximate surface area is 201 Å². The van der Waals surface area contributed by atoms with Crippen molar-refractivity contribution in [2.24, 2.45) is 0 Å². The number of amides is 3. The van der Waals surface area contributed by atoms with E-state index in [1.165, 1.54) is 21.9 Å². The number of benzene rings is 1. The summed E-state index contributed by atoms with van der Waals surface area (Å²) in [5, 5.41) is 3.50. The molecule has 6 rings (SSSR count). The van der Waals surface area contributed by atoms with Crippen molar-refractivity contribution in [1.29, 1.82) is 0 Å². The molecule has 0 saturated carbocycles. The number of halogens is 1. The van der Waals surface area contributed by atoms with Crippen molar-refractivity contribution in [1.82, 2.24) is 25.1 Å². The summed E-state index contributed by atoms with van der Waals surface area (Å²) in [5.41, 5.74) is 4.31. The van der Waals surface area contributed by atoms with E-state index in [0.717, 1.165) is 49.1 Å². The SMILES string of the molecule is O=C1CCC(N2Cc3c(cc(F)cc3C3CCN(Cc4c[nH]c5cnccc45)CC3)C2=O)C(=O)N1. The molecule has 0 bridgehead atoms. The van der Waals surface area contributed by atoms with Crippen LogP contribution in [0.25, 0.3) is 10.9 Å². The third-order valence-corrected chi connectivity index (χ3v) is 7.65. The van der Waals surface area contributed by atoms with E-state index >= 15 is 0 Å². The first kappa shape index (κ1) is 21.9. The van der Waals surface area contributed by atoms with Gasteiger partial charge in [-0.1, -0.05) is 0 Å². The van der Waals surface area contributed by atoms with Crippen molar-refractivity contribution in [3.8, 4) is 0 Å². The summed E-state index contributed by atoms with van der Waals surface area (Å²) in [4.78, 5) is 48.4. The molecular weight excluding hydrogens is 449 g/mol. The number of fused-ring (bicyclic) bond motifs is 2. The van der Waals surface area contributed by atoms with Crippen LogP contribution in [-0.4, -0.2) is 56.6 Å². The quantitative estimate of drug-likeness (QED) is 0.566. The highest BCUT2D eigenvalue weighted by molar-refractivity contribution is 6.05. The van der Waals surface area contributed by atoms with E-state index in [1.807, 2.05) is 18.5 Å². The predicted octanol–water partition coefficient (Wildman–Crippen LogP) is 2.84. The average Bonchev–Trinajstić information content (AvgIpc) is 3.40. The Morgan fingerprint density at radius 1 is 1.11 bits per heavy atom. The molecule has 180 valence electrons. The minimum atomic E-state index is -0.697. The van der Waals surface area contributed by atoms with Gasteiger partial charge in [0.15, 0.2) is 0 Å². The normalized spacial score (nSPS) is 21.6. The molecule has 35 heavy (non-hydrogen) atoms. The molecule has 1 atom stereocenters. The van der Waals surface area contributed by atoms with Gasteiger partial charge in [-0.25, -0.2) is 4.39 Å². The van der Waals surface area contributed by atoms with E-state index in [-0.39, 0.29) is 30.7 Å². The smallest absolute Gasteiger partial charge is 0.255 e. The molecule has 0 spiro atoms. The molecule has 9 heteroatoms. The lowest BCUT2D eigenvalue weighted by atomic mass is 9.85. The lowest BCUT2D eigenvalue weighted by molar-refractivity contribution is -0.136. The molecule has 3 aliphatic heterocycles. The van der Waals surface area contributed by atoms with Crippen molar-refractivity contribution in [2.45, 2.75) is 50.7 Å². The van der Waals surface area contributed by atoms with Crippen molar-refractivity contribution in [3.63, 3.8) is 0 Å². The fourth-order valence-electron chi connectivity index (χ4n) is 5.82. The Bertz CT molecular complexity index is 1340. The van der Waals surface area contributed by atoms with E-state index in [9.17, 15) is 18.8 Å². The third kappa shape index (κ3) is 3.89. The van der Waals surface area contributed by atoms with Crippen molar-refractivity contribution >= 4 is 28.6 Å². The van der Waals surface area contributed by atoms with Crippen molar-refractivity contribution in [2.75, 3.05) is 13.1 Å². The molecule has 2 aromatic heterocycles. The van der Waals surface area contributed by atoms with E-state index in [1.54, 1.807) is 12.3 Å². The van der Waals surface area contributed by atoms with Gasteiger partial charge in [-0.15, -0.1) is 0 Å². The van der Waals surface area contributed by atoms with Gasteiger partial charge in [-0.05, 0) is 73.2 Å². The molecule has 2 saturated heterocycles. The summed E-state index contributed by atoms with van der Waals surface area (Å²) in [6.45, 7) is 2.86. The van der Waals surface area contributed by atoms with E-state index in [0.29, 0.717) is 12.0 Å². The van der Waals surface area contributed by atoms with E-state index < -0.39 is 17.8 Å². The van der Waals surface area contributed by atoms with Gasteiger partial charge in [0.1, 0.15) is 11.9 Å². The number of piperidine rings is 2. The highest BCUT2D eigenvalue weighted by Gasteiger charge is 2.41. The maximum atomic E-state index is 14.6. The standard InChI is InChI=1S/C26H26FN5O3/c27-17-9-19(21-14-32(26(35)20(21)10-17)23-1-2-24(33)30-25(23)34)15-4-7-31(8-5-15)13-16-11-29-22-12-28-6-3-18(16)22/h3,6,9-12,15,23,29H,1-2,4-5,7-8,13-14H2,(H,30,33,34). The van der Waals surface area contributed by atoms with Gasteiger partial charge in [0.05, 0.1) is 11.7 Å². The Morgan fingerprint density at radius 2 is 1.94 bits per heavy atom. The van der Waals surface area contributed by atoms with Gasteiger partial charge in [0.25, 0.3) is 5.91 Å². The maximum Gasteiger partial charge on any atom is 0.255 e. The largest absolute Gasteiger partial charge is 0.360 e. The Morgan fingerprint density at radius 3 is 2.74 bits per heavy atom. The van der Waals surface area contributed by atoms with Crippen LogP contribution in [0, 0.1) is 5.82 Å². The topological polar surface area (TPSA) is 98.4 Å². The molecular formula is C26H26FN5O3. The molecule has 3 aromatic rings. The number of nitrogens with zero attached hydrogens (tertiary/aromatic N) is 3.